The molecule has 2 aromatic carbocycles. The number of methoxy groups -OCH3 is 3. The van der Waals surface area contributed by atoms with Gasteiger partial charge in [-0.3, -0.25) is 9.59 Å². The molecule has 0 bridgehead atoms. The first-order valence-corrected chi connectivity index (χ1v) is 15.3. The maximum absolute atomic E-state index is 13.7. The van der Waals surface area contributed by atoms with Gasteiger partial charge < -0.3 is 44.5 Å². The topological polar surface area (TPSA) is 147 Å². The van der Waals surface area contributed by atoms with Crippen LogP contribution < -0.4 is 24.3 Å². The third-order valence-electron chi connectivity index (χ3n) is 7.33. The van der Waals surface area contributed by atoms with Crippen molar-refractivity contribution in [1.82, 2.24) is 10.2 Å². The molecule has 0 spiro atoms. The van der Waals surface area contributed by atoms with Crippen molar-refractivity contribution < 1.29 is 43.9 Å². The lowest BCUT2D eigenvalue weighted by Crippen LogP contribution is -2.55. The fourth-order valence-electron chi connectivity index (χ4n) is 5.06. The molecule has 2 aromatic rings. The van der Waals surface area contributed by atoms with E-state index in [-0.39, 0.29) is 45.1 Å². The minimum Gasteiger partial charge on any atom is -0.497 e. The molecule has 0 fully saturated rings. The fraction of sp³-hybridized carbons (Fsp3) is 0.438. The predicted octanol–water partition coefficient (Wildman–Crippen LogP) is 2.76. The minimum atomic E-state index is -1.22. The first-order valence-electron chi connectivity index (χ1n) is 14.2. The number of hydrogen-bond acceptors (Lipinski definition) is 9. The van der Waals surface area contributed by atoms with Crippen LogP contribution in [0.3, 0.4) is 0 Å². The van der Waals surface area contributed by atoms with Crippen LogP contribution in [0.4, 0.5) is 0 Å². The van der Waals surface area contributed by atoms with E-state index in [0.717, 1.165) is 5.56 Å². The molecule has 1 aliphatic rings. The van der Waals surface area contributed by atoms with Crippen molar-refractivity contribution in [2.45, 2.75) is 50.5 Å². The van der Waals surface area contributed by atoms with Crippen molar-refractivity contribution in [3.8, 4) is 23.0 Å². The van der Waals surface area contributed by atoms with E-state index in [2.05, 4.69) is 34.5 Å². The van der Waals surface area contributed by atoms with Gasteiger partial charge in [-0.1, -0.05) is 6.08 Å². The van der Waals surface area contributed by atoms with Gasteiger partial charge in [0.2, 0.25) is 11.8 Å². The highest BCUT2D eigenvalue weighted by Gasteiger charge is 2.40. The fourth-order valence-corrected chi connectivity index (χ4v) is 5.85. The number of nitrogens with one attached hydrogen (secondary N) is 1. The summed E-state index contributed by atoms with van der Waals surface area (Å²) in [6.45, 7) is 3.55. The van der Waals surface area contributed by atoms with Gasteiger partial charge in [-0.05, 0) is 83.0 Å². The first-order chi connectivity index (χ1) is 21.2. The van der Waals surface area contributed by atoms with E-state index in [4.69, 9.17) is 18.9 Å². The lowest BCUT2D eigenvalue weighted by atomic mass is 9.87. The maximum Gasteiger partial charge on any atom is 0.247 e. The highest BCUT2D eigenvalue weighted by atomic mass is 127. The molecule has 1 aliphatic carbocycles. The molecular weight excluding hydrogens is 683 g/mol. The van der Waals surface area contributed by atoms with Gasteiger partial charge >= 0.3 is 0 Å². The number of nitrogens with zero attached hydrogens (tertiary/aromatic N) is 1. The van der Waals surface area contributed by atoms with E-state index in [0.29, 0.717) is 50.5 Å². The second kappa shape index (κ2) is 17.2. The third-order valence-corrected chi connectivity index (χ3v) is 8.13. The monoisotopic (exact) mass is 724 g/mol. The quantitative estimate of drug-likeness (QED) is 0.152. The molecule has 3 atom stereocenters. The van der Waals surface area contributed by atoms with Crippen LogP contribution in [0.1, 0.15) is 30.4 Å². The largest absolute Gasteiger partial charge is 0.497 e. The van der Waals surface area contributed by atoms with E-state index in [1.54, 1.807) is 55.5 Å². The summed E-state index contributed by atoms with van der Waals surface area (Å²) in [5, 5.41) is 33.3. The van der Waals surface area contributed by atoms with E-state index >= 15 is 0 Å². The molecule has 3 rings (SSSR count). The average molecular weight is 725 g/mol. The van der Waals surface area contributed by atoms with Gasteiger partial charge in [0.1, 0.15) is 23.7 Å². The van der Waals surface area contributed by atoms with Crippen LogP contribution in [0.15, 0.2) is 54.6 Å². The van der Waals surface area contributed by atoms with Crippen LogP contribution in [0, 0.1) is 3.57 Å². The summed E-state index contributed by atoms with van der Waals surface area (Å²) in [6, 6.07) is 7.96. The number of aliphatic hydroxyl groups excluding tert-OH is 3. The average Bonchev–Trinajstić information content (AvgIpc) is 3.04. The summed E-state index contributed by atoms with van der Waals surface area (Å²) in [6.07, 6.45) is 1.99. The Kier molecular flexibility index (Phi) is 13.8. The number of hydrogen-bond donors (Lipinski definition) is 4. The molecule has 0 aromatic heterocycles. The Bertz CT molecular complexity index is 1330. The molecule has 0 aliphatic heterocycles. The van der Waals surface area contributed by atoms with Gasteiger partial charge in [-0.25, -0.2) is 0 Å². The normalized spacial score (nSPS) is 17.7. The number of amides is 2. The molecule has 0 radical (unpaired) electrons. The van der Waals surface area contributed by atoms with Crippen LogP contribution >= 0.6 is 22.6 Å². The highest BCUT2D eigenvalue weighted by molar-refractivity contribution is 14.1. The molecule has 240 valence electrons. The Morgan fingerprint density at radius 2 is 1.86 bits per heavy atom. The zero-order chi connectivity index (χ0) is 32.2. The third kappa shape index (κ3) is 8.87. The summed E-state index contributed by atoms with van der Waals surface area (Å²) in [4.78, 5) is 28.4. The molecule has 44 heavy (non-hydrogen) atoms. The number of aliphatic hydroxyl groups is 3. The maximum atomic E-state index is 13.7. The molecule has 0 saturated heterocycles. The first kappa shape index (κ1) is 35.2. The number of ether oxygens (including phenoxy) is 4. The summed E-state index contributed by atoms with van der Waals surface area (Å²) in [5.74, 6) is 1.29. The number of carbonyl (C=O) groups excluding carboxylic acids is 2. The number of benzene rings is 2. The summed E-state index contributed by atoms with van der Waals surface area (Å²) < 4.78 is 23.4. The predicted molar refractivity (Wildman–Crippen MR) is 173 cm³/mol. The molecule has 4 N–H and O–H groups in total. The van der Waals surface area contributed by atoms with Gasteiger partial charge in [-0.2, -0.15) is 0 Å². The van der Waals surface area contributed by atoms with Crippen LogP contribution in [-0.4, -0.2) is 91.3 Å². The van der Waals surface area contributed by atoms with Crippen LogP contribution in [0.5, 0.6) is 23.0 Å². The van der Waals surface area contributed by atoms with Crippen molar-refractivity contribution in [1.29, 1.82) is 0 Å². The second-order valence-corrected chi connectivity index (χ2v) is 11.3. The second-order valence-electron chi connectivity index (χ2n) is 10.1. The molecule has 0 saturated carbocycles. The Hall–Kier alpha value is -3.33. The summed E-state index contributed by atoms with van der Waals surface area (Å²) in [7, 11) is 4.60. The van der Waals surface area contributed by atoms with Crippen molar-refractivity contribution in [2.24, 2.45) is 0 Å². The smallest absolute Gasteiger partial charge is 0.247 e. The summed E-state index contributed by atoms with van der Waals surface area (Å²) >= 11 is 2.05. The number of allylic oxidation sites excluding steroid dienone is 1. The van der Waals surface area contributed by atoms with Gasteiger partial charge in [0.25, 0.3) is 0 Å². The number of rotatable bonds is 16. The van der Waals surface area contributed by atoms with Gasteiger partial charge in [0.05, 0.1) is 44.2 Å². The Balaban J connectivity index is 2.03. The Morgan fingerprint density at radius 1 is 1.11 bits per heavy atom. The van der Waals surface area contributed by atoms with Gasteiger partial charge in [0, 0.05) is 31.5 Å². The van der Waals surface area contributed by atoms with Gasteiger partial charge in [-0.15, -0.1) is 6.58 Å². The van der Waals surface area contributed by atoms with Crippen molar-refractivity contribution >= 4 is 34.4 Å². The molecule has 11 nitrogen and oxygen atoms in total. The zero-order valence-electron chi connectivity index (χ0n) is 25.3. The van der Waals surface area contributed by atoms with Crippen LogP contribution in [0.2, 0.25) is 0 Å². The van der Waals surface area contributed by atoms with Crippen molar-refractivity contribution in [3.05, 3.63) is 69.3 Å². The van der Waals surface area contributed by atoms with E-state index in [9.17, 15) is 24.9 Å². The Morgan fingerprint density at radius 3 is 2.50 bits per heavy atom. The van der Waals surface area contributed by atoms with E-state index in [1.807, 2.05) is 6.07 Å². The summed E-state index contributed by atoms with van der Waals surface area (Å²) in [5.41, 5.74) is 1.73. The van der Waals surface area contributed by atoms with Crippen molar-refractivity contribution in [2.75, 3.05) is 41.0 Å². The highest BCUT2D eigenvalue weighted by Crippen LogP contribution is 2.37. The van der Waals surface area contributed by atoms with E-state index in [1.165, 1.54) is 7.11 Å². The molecular formula is C32H41IN2O9. The Labute approximate surface area is 271 Å². The SMILES string of the molecule is C=CCCC(=O)N(CCc1cc(OC)ccc1OC)[C@@H]1CC(C(=O)NCCO)=C[C@H](Oc2c(I)cc(CO)cc2OC)[C@H]1O. The van der Waals surface area contributed by atoms with Crippen LogP contribution in [0.25, 0.3) is 0 Å². The van der Waals surface area contributed by atoms with Crippen molar-refractivity contribution in [3.63, 3.8) is 0 Å². The molecule has 2 amide bonds. The lowest BCUT2D eigenvalue weighted by Gasteiger charge is -2.41. The molecule has 0 unspecified atom stereocenters. The van der Waals surface area contributed by atoms with Gasteiger partial charge in [0.15, 0.2) is 11.5 Å². The van der Waals surface area contributed by atoms with Crippen LogP contribution in [-0.2, 0) is 22.6 Å². The lowest BCUT2D eigenvalue weighted by molar-refractivity contribution is -0.138. The minimum absolute atomic E-state index is 0.0425. The zero-order valence-corrected chi connectivity index (χ0v) is 27.4. The number of carbonyl (C=O) groups is 2. The molecule has 0 heterocycles. The molecule has 12 heteroatoms. The number of halogens is 1. The van der Waals surface area contributed by atoms with E-state index < -0.39 is 24.2 Å². The standard InChI is InChI=1S/C32H41IN2O9/c1-5-6-7-29(38)35(12-10-21-16-23(41-2)8-9-26(21)42-3)25-17-22(32(40)34-11-13-36)18-27(30(25)39)44-31-24(33)14-20(19-37)15-28(31)43-4/h5,8-9,14-16,18,25,27,30,36-37,39H,1,6-7,10-13,17,19H2,2-4H3,(H,34,40)/t25-,27+,30+/m1/s1.